The Balaban J connectivity index is 1.95. The first kappa shape index (κ1) is 10.4. The van der Waals surface area contributed by atoms with Crippen molar-refractivity contribution in [2.24, 2.45) is 0 Å². The van der Waals surface area contributed by atoms with E-state index in [1.165, 1.54) is 8.83 Å². The quantitative estimate of drug-likeness (QED) is 0.593. The molecule has 1 aliphatic carbocycles. The monoisotopic (exact) mass is 340 g/mol. The summed E-state index contributed by atoms with van der Waals surface area (Å²) in [5, 5.41) is 0. The van der Waals surface area contributed by atoms with Crippen LogP contribution < -0.4 is 0 Å². The molecule has 0 spiro atoms. The fourth-order valence-electron chi connectivity index (χ4n) is 1.68. The predicted molar refractivity (Wildman–Crippen MR) is 76.4 cm³/mol. The van der Waals surface area contributed by atoms with Gasteiger partial charge in [-0.05, 0) is 0 Å². The van der Waals surface area contributed by atoms with E-state index in [0.29, 0.717) is 0 Å². The molecule has 0 bridgehead atoms. The Morgan fingerprint density at radius 1 is 0.500 bits per heavy atom. The SMILES string of the molecule is C1=C[Se](=C2C=CC(=[Se]3C=CC=C3)C=C2)C=C1. The summed E-state index contributed by atoms with van der Waals surface area (Å²) in [5.41, 5.74) is 0. The third kappa shape index (κ3) is 2.03. The molecule has 0 atom stereocenters. The van der Waals surface area contributed by atoms with E-state index in [2.05, 4.69) is 68.5 Å². The van der Waals surface area contributed by atoms with E-state index in [0.717, 1.165) is 0 Å². The van der Waals surface area contributed by atoms with Crippen LogP contribution in [0, 0.1) is 0 Å². The molecule has 0 aromatic rings. The van der Waals surface area contributed by atoms with Gasteiger partial charge in [-0.3, -0.25) is 0 Å². The zero-order valence-electron chi connectivity index (χ0n) is 8.74. The molecule has 2 heteroatoms. The van der Waals surface area contributed by atoms with Crippen LogP contribution in [0.4, 0.5) is 0 Å². The Labute approximate surface area is 104 Å². The van der Waals surface area contributed by atoms with Crippen molar-refractivity contribution >= 4 is 35.8 Å². The Morgan fingerprint density at radius 3 is 1.12 bits per heavy atom. The second-order valence-electron chi connectivity index (χ2n) is 3.53. The van der Waals surface area contributed by atoms with E-state index in [1.807, 2.05) is 0 Å². The van der Waals surface area contributed by atoms with Gasteiger partial charge in [-0.15, -0.1) is 0 Å². The number of rotatable bonds is 0. The van der Waals surface area contributed by atoms with Gasteiger partial charge in [0.2, 0.25) is 0 Å². The van der Waals surface area contributed by atoms with Gasteiger partial charge in [0.15, 0.2) is 0 Å². The zero-order valence-corrected chi connectivity index (χ0v) is 12.2. The fraction of sp³-hybridized carbons (Fsp3) is 0. The van der Waals surface area contributed by atoms with E-state index in [1.54, 1.807) is 0 Å². The zero-order chi connectivity index (χ0) is 10.8. The molecule has 2 aliphatic heterocycles. The van der Waals surface area contributed by atoms with Crippen LogP contribution in [-0.4, -0.2) is 35.8 Å². The number of hydrogen-bond donors (Lipinski definition) is 0. The molecule has 0 fully saturated rings. The van der Waals surface area contributed by atoms with E-state index in [4.69, 9.17) is 0 Å². The third-order valence-electron chi connectivity index (χ3n) is 2.49. The maximum atomic E-state index is 2.36. The van der Waals surface area contributed by atoms with Crippen LogP contribution in [0.5, 0.6) is 0 Å². The molecule has 0 N–H and O–H groups in total. The standard InChI is InChI=1S/C14H12Se2/c1-2-10-15(9-1)13-5-7-14(8-6-13)16-11-3-4-12-16/h1-12H. The molecule has 3 aliphatic rings. The average molecular weight is 338 g/mol. The molecule has 0 saturated carbocycles. The van der Waals surface area contributed by atoms with E-state index >= 15 is 0 Å². The summed E-state index contributed by atoms with van der Waals surface area (Å²) in [5.74, 6) is 0. The van der Waals surface area contributed by atoms with Crippen LogP contribution in [0.25, 0.3) is 0 Å². The van der Waals surface area contributed by atoms with Gasteiger partial charge in [-0.25, -0.2) is 0 Å². The molecule has 3 rings (SSSR count). The summed E-state index contributed by atoms with van der Waals surface area (Å²) in [6.45, 7) is 0. The molecule has 0 amide bonds. The Morgan fingerprint density at radius 2 is 0.812 bits per heavy atom. The molecule has 0 aromatic heterocycles. The van der Waals surface area contributed by atoms with Crippen LogP contribution in [0.1, 0.15) is 0 Å². The van der Waals surface area contributed by atoms with Gasteiger partial charge in [0.1, 0.15) is 0 Å². The minimum atomic E-state index is -0.740. The summed E-state index contributed by atoms with van der Waals surface area (Å²) < 4.78 is 3.04. The molecular formula is C14H12Se2. The van der Waals surface area contributed by atoms with Crippen molar-refractivity contribution < 1.29 is 0 Å². The first-order valence-corrected chi connectivity index (χ1v) is 10.8. The Bertz CT molecular complexity index is 466. The van der Waals surface area contributed by atoms with Gasteiger partial charge in [0.25, 0.3) is 0 Å². The van der Waals surface area contributed by atoms with Gasteiger partial charge in [0.05, 0.1) is 0 Å². The van der Waals surface area contributed by atoms with Gasteiger partial charge >= 0.3 is 104 Å². The van der Waals surface area contributed by atoms with Gasteiger partial charge in [-0.1, -0.05) is 0 Å². The van der Waals surface area contributed by atoms with Crippen molar-refractivity contribution in [2.45, 2.75) is 0 Å². The fourth-order valence-corrected chi connectivity index (χ4v) is 7.45. The molecule has 16 heavy (non-hydrogen) atoms. The third-order valence-corrected chi connectivity index (χ3v) is 9.70. The Kier molecular flexibility index (Phi) is 2.99. The van der Waals surface area contributed by atoms with Crippen molar-refractivity contribution in [1.29, 1.82) is 0 Å². The molecule has 0 saturated heterocycles. The van der Waals surface area contributed by atoms with Gasteiger partial charge in [0, 0.05) is 0 Å². The van der Waals surface area contributed by atoms with E-state index < -0.39 is 26.9 Å². The molecular weight excluding hydrogens is 326 g/mol. The summed E-state index contributed by atoms with van der Waals surface area (Å²) >= 11 is -1.48. The van der Waals surface area contributed by atoms with Crippen molar-refractivity contribution in [1.82, 2.24) is 0 Å². The summed E-state index contributed by atoms with van der Waals surface area (Å²) in [6.07, 6.45) is 18.0. The summed E-state index contributed by atoms with van der Waals surface area (Å²) in [4.78, 5) is 9.45. The maximum absolute atomic E-state index is 2.36. The number of allylic oxidation sites excluding steroid dienone is 8. The molecule has 0 radical (unpaired) electrons. The molecule has 0 aromatic carbocycles. The molecule has 0 unspecified atom stereocenters. The molecule has 2 heterocycles. The first-order chi connectivity index (χ1) is 7.93. The second-order valence-corrected chi connectivity index (χ2v) is 10.9. The van der Waals surface area contributed by atoms with Crippen molar-refractivity contribution in [3.63, 3.8) is 0 Å². The Hall–Kier alpha value is -0.781. The average Bonchev–Trinajstić information content (AvgIpc) is 3.03. The van der Waals surface area contributed by atoms with Crippen LogP contribution in [0.15, 0.2) is 68.5 Å². The van der Waals surface area contributed by atoms with E-state index in [-0.39, 0.29) is 0 Å². The van der Waals surface area contributed by atoms with Crippen LogP contribution in [-0.2, 0) is 0 Å². The molecule has 0 nitrogen and oxygen atoms in total. The predicted octanol–water partition coefficient (Wildman–Crippen LogP) is 2.02. The normalized spacial score (nSPS) is 23.2. The van der Waals surface area contributed by atoms with Gasteiger partial charge in [-0.2, -0.15) is 0 Å². The second kappa shape index (κ2) is 4.61. The summed E-state index contributed by atoms with van der Waals surface area (Å²) in [7, 11) is 0. The minimum absolute atomic E-state index is 0.740. The van der Waals surface area contributed by atoms with Crippen molar-refractivity contribution in [3.05, 3.63) is 68.5 Å². The number of hydrogen-bond acceptors (Lipinski definition) is 0. The van der Waals surface area contributed by atoms with E-state index in [9.17, 15) is 0 Å². The first-order valence-electron chi connectivity index (χ1n) is 5.17. The van der Waals surface area contributed by atoms with Crippen molar-refractivity contribution in [3.8, 4) is 0 Å². The van der Waals surface area contributed by atoms with Crippen LogP contribution in [0.2, 0.25) is 0 Å². The van der Waals surface area contributed by atoms with Crippen LogP contribution >= 0.6 is 0 Å². The summed E-state index contributed by atoms with van der Waals surface area (Å²) in [6, 6.07) is 0. The topological polar surface area (TPSA) is 0 Å². The van der Waals surface area contributed by atoms with Gasteiger partial charge < -0.3 is 0 Å². The molecule has 80 valence electrons. The van der Waals surface area contributed by atoms with Crippen LogP contribution in [0.3, 0.4) is 0 Å². The van der Waals surface area contributed by atoms with Crippen molar-refractivity contribution in [2.75, 3.05) is 0 Å².